The molecular formula is C45H63NO13. The van der Waals surface area contributed by atoms with E-state index in [0.717, 1.165) is 0 Å². The molecule has 3 N–H and O–H groups in total. The molecule has 14 nitrogen and oxygen atoms in total. The van der Waals surface area contributed by atoms with Crippen LogP contribution in [0.1, 0.15) is 106 Å². The maximum atomic E-state index is 14.5. The van der Waals surface area contributed by atoms with E-state index in [1.54, 1.807) is 78.0 Å². The van der Waals surface area contributed by atoms with Gasteiger partial charge in [-0.25, -0.2) is 14.4 Å². The van der Waals surface area contributed by atoms with Gasteiger partial charge in [0.05, 0.1) is 47.4 Å². The van der Waals surface area contributed by atoms with E-state index in [1.165, 1.54) is 6.92 Å². The average molecular weight is 826 g/mol. The lowest BCUT2D eigenvalue weighted by atomic mass is 9.49. The summed E-state index contributed by atoms with van der Waals surface area (Å²) in [5, 5.41) is 27.0. The summed E-state index contributed by atoms with van der Waals surface area (Å²) in [4.78, 5) is 54.6. The lowest BCUT2D eigenvalue weighted by molar-refractivity contribution is -0.391. The highest BCUT2D eigenvalue weighted by Crippen LogP contribution is 2.70. The smallest absolute Gasteiger partial charge is 0.407 e. The number of aliphatic hydroxyl groups excluding tert-OH is 1. The number of esters is 3. The van der Waals surface area contributed by atoms with Gasteiger partial charge < -0.3 is 48.7 Å². The van der Waals surface area contributed by atoms with Crippen molar-refractivity contribution in [1.82, 2.24) is 5.32 Å². The van der Waals surface area contributed by atoms with Gasteiger partial charge in [0, 0.05) is 31.1 Å². The second-order valence-electron chi connectivity index (χ2n) is 19.3. The third-order valence-corrected chi connectivity index (χ3v) is 13.3. The minimum atomic E-state index is -1.79. The number of carbonyl (C=O) groups excluding carboxylic acids is 4. The summed E-state index contributed by atoms with van der Waals surface area (Å²) >= 11 is 0. The Bertz CT molecular complexity index is 1830. The van der Waals surface area contributed by atoms with Gasteiger partial charge in [-0.15, -0.1) is 0 Å². The number of ether oxygens (including phenoxy) is 7. The molecule has 2 saturated carbocycles. The topological polar surface area (TPSA) is 185 Å². The molecule has 3 aliphatic carbocycles. The van der Waals surface area contributed by atoms with E-state index < -0.39 is 112 Å². The van der Waals surface area contributed by atoms with Gasteiger partial charge in [-0.3, -0.25) is 4.79 Å². The Morgan fingerprint density at radius 2 is 1.71 bits per heavy atom. The van der Waals surface area contributed by atoms with Gasteiger partial charge in [-0.2, -0.15) is 0 Å². The Labute approximate surface area is 347 Å². The van der Waals surface area contributed by atoms with Crippen LogP contribution in [0.15, 0.2) is 54.1 Å². The molecule has 5 aliphatic rings. The fourth-order valence-electron chi connectivity index (χ4n) is 11.1. The van der Waals surface area contributed by atoms with Crippen LogP contribution in [-0.4, -0.2) is 107 Å². The predicted molar refractivity (Wildman–Crippen MR) is 214 cm³/mol. The fourth-order valence-corrected chi connectivity index (χ4v) is 11.1. The van der Waals surface area contributed by atoms with Gasteiger partial charge >= 0.3 is 24.0 Å². The first-order chi connectivity index (χ1) is 27.4. The molecule has 4 fully saturated rings. The van der Waals surface area contributed by atoms with Crippen LogP contribution in [0.4, 0.5) is 4.79 Å². The molecule has 1 aromatic carbocycles. The van der Waals surface area contributed by atoms with Gasteiger partial charge in [0.25, 0.3) is 0 Å². The molecule has 0 bridgehead atoms. The molecule has 1 amide bonds. The number of hydrogen-bond acceptors (Lipinski definition) is 13. The molecule has 6 rings (SSSR count). The van der Waals surface area contributed by atoms with Gasteiger partial charge in [-0.05, 0) is 83.2 Å². The van der Waals surface area contributed by atoms with Crippen LogP contribution in [0.3, 0.4) is 0 Å². The summed E-state index contributed by atoms with van der Waals surface area (Å²) in [6.45, 7) is 23.2. The van der Waals surface area contributed by atoms with Crippen LogP contribution < -0.4 is 5.32 Å². The van der Waals surface area contributed by atoms with Crippen molar-refractivity contribution in [2.24, 2.45) is 28.6 Å². The van der Waals surface area contributed by atoms with Crippen LogP contribution in [0.5, 0.6) is 0 Å². The molecule has 2 saturated heterocycles. The number of benzene rings is 1. The van der Waals surface area contributed by atoms with E-state index >= 15 is 0 Å². The zero-order chi connectivity index (χ0) is 43.6. The Hall–Kier alpha value is -3.82. The highest BCUT2D eigenvalue weighted by atomic mass is 16.7. The summed E-state index contributed by atoms with van der Waals surface area (Å²) < 4.78 is 44.4. The van der Waals surface area contributed by atoms with Crippen molar-refractivity contribution >= 4 is 24.0 Å². The number of carbonyl (C=O) groups is 4. The number of rotatable bonds is 11. The van der Waals surface area contributed by atoms with Crippen LogP contribution in [0, 0.1) is 28.6 Å². The quantitative estimate of drug-likeness (QED) is 0.143. The monoisotopic (exact) mass is 825 g/mol. The molecule has 59 heavy (non-hydrogen) atoms. The molecule has 2 aliphatic heterocycles. The van der Waals surface area contributed by atoms with Gasteiger partial charge in [-0.1, -0.05) is 52.5 Å². The van der Waals surface area contributed by atoms with E-state index in [9.17, 15) is 29.4 Å². The first-order valence-corrected chi connectivity index (χ1v) is 20.7. The van der Waals surface area contributed by atoms with Gasteiger partial charge in [0.1, 0.15) is 23.9 Å². The molecule has 0 spiro atoms. The fraction of sp³-hybridized carbons (Fsp3) is 0.689. The van der Waals surface area contributed by atoms with Crippen molar-refractivity contribution in [3.8, 4) is 0 Å². The highest BCUT2D eigenvalue weighted by molar-refractivity contribution is 5.89. The minimum Gasteiger partial charge on any atom is -0.457 e. The van der Waals surface area contributed by atoms with E-state index in [-0.39, 0.29) is 30.9 Å². The largest absolute Gasteiger partial charge is 0.457 e. The first kappa shape index (κ1) is 44.7. The van der Waals surface area contributed by atoms with E-state index in [0.29, 0.717) is 17.6 Å². The SMILES string of the molecule is C=C[C@H]1OC2[C@@H](C)C3=C(C)[C@@H](OC(=O)[C@H](O)[C@H](CC(C)C)NC(=O)OC(C)(C)C)C[C@@]3(C(C)(C)O)[C@@H](OC(=O)c3ccccc3)[C@@H]3[C@]4(OC(C)=O)CO[C@@H]4C[C@H](O1)[C@@]23C. The highest BCUT2D eigenvalue weighted by Gasteiger charge is 2.80. The predicted octanol–water partition coefficient (Wildman–Crippen LogP) is 5.57. The van der Waals surface area contributed by atoms with Crippen LogP contribution in [0.25, 0.3) is 0 Å². The molecule has 0 radical (unpaired) electrons. The van der Waals surface area contributed by atoms with Crippen molar-refractivity contribution in [3.63, 3.8) is 0 Å². The summed E-state index contributed by atoms with van der Waals surface area (Å²) in [6.07, 6.45) is -5.55. The number of aliphatic hydroxyl groups is 2. The van der Waals surface area contributed by atoms with Gasteiger partial charge in [0.2, 0.25) is 0 Å². The van der Waals surface area contributed by atoms with Crippen LogP contribution in [-0.2, 0) is 42.7 Å². The van der Waals surface area contributed by atoms with E-state index in [4.69, 9.17) is 33.2 Å². The van der Waals surface area contributed by atoms with Crippen LogP contribution in [0.2, 0.25) is 0 Å². The summed E-state index contributed by atoms with van der Waals surface area (Å²) in [6, 6.07) is 7.43. The molecule has 2 heterocycles. The lowest BCUT2D eigenvalue weighted by Crippen LogP contribution is -2.80. The summed E-state index contributed by atoms with van der Waals surface area (Å²) in [7, 11) is 0. The average Bonchev–Trinajstić information content (AvgIpc) is 3.39. The van der Waals surface area contributed by atoms with Crippen molar-refractivity contribution in [3.05, 3.63) is 59.7 Å². The zero-order valence-electron chi connectivity index (χ0n) is 36.2. The molecular weight excluding hydrogens is 762 g/mol. The molecule has 1 unspecified atom stereocenters. The van der Waals surface area contributed by atoms with Crippen LogP contribution >= 0.6 is 0 Å². The zero-order valence-corrected chi connectivity index (χ0v) is 36.2. The molecule has 1 aromatic rings. The third-order valence-electron chi connectivity index (χ3n) is 13.3. The van der Waals surface area contributed by atoms with E-state index in [1.807, 2.05) is 27.7 Å². The lowest BCUT2D eigenvalue weighted by Gasteiger charge is -2.67. The second kappa shape index (κ2) is 15.9. The van der Waals surface area contributed by atoms with Crippen molar-refractivity contribution in [2.75, 3.05) is 6.61 Å². The van der Waals surface area contributed by atoms with Crippen molar-refractivity contribution < 1.29 is 62.5 Å². The molecule has 14 heteroatoms. The maximum Gasteiger partial charge on any atom is 0.407 e. The number of amides is 1. The molecule has 0 aromatic heterocycles. The first-order valence-electron chi connectivity index (χ1n) is 20.7. The Morgan fingerprint density at radius 1 is 1.05 bits per heavy atom. The minimum absolute atomic E-state index is 0.0118. The third kappa shape index (κ3) is 7.73. The van der Waals surface area contributed by atoms with E-state index in [2.05, 4.69) is 11.9 Å². The molecule has 13 atom stereocenters. The number of nitrogens with one attached hydrogen (secondary N) is 1. The Kier molecular flexibility index (Phi) is 12.1. The second-order valence-corrected chi connectivity index (χ2v) is 19.3. The number of fused-ring (bicyclic) bond motifs is 3. The summed E-state index contributed by atoms with van der Waals surface area (Å²) in [5.74, 6) is -3.69. The number of hydrogen-bond donors (Lipinski definition) is 3. The molecule has 326 valence electrons. The number of alkyl carbamates (subject to hydrolysis) is 1. The van der Waals surface area contributed by atoms with Gasteiger partial charge in [0.15, 0.2) is 18.0 Å². The van der Waals surface area contributed by atoms with Crippen molar-refractivity contribution in [2.45, 2.75) is 161 Å². The standard InChI is InChI=1S/C45H63NO13/c1-13-32-55-30-20-31-45(22-53-31,58-26(6)47)35-37(57-38(49)27-17-15-14-16-18-27)44(42(10,11)52)21-29(24(4)33(44)25(5)36(56-32)43(30,35)12)54-39(50)34(48)28(19-23(2)3)46-40(51)59-41(7,8)9/h13-18,23,25,28-32,34-37,48,52H,1,19-22H2,2-12H3,(H,46,51)/t25-,28-,29-,30-,31+,32+,34+,35-,36?,37-,43+,44-,45-/m0/s1. The van der Waals surface area contributed by atoms with Crippen molar-refractivity contribution in [1.29, 1.82) is 0 Å². The maximum absolute atomic E-state index is 14.5. The summed E-state index contributed by atoms with van der Waals surface area (Å²) in [5.41, 5.74) is -4.92. The Morgan fingerprint density at radius 3 is 2.25 bits per heavy atom. The normalized spacial score (nSPS) is 36.0. The Balaban J connectivity index is 1.52.